The van der Waals surface area contributed by atoms with Crippen LogP contribution in [0.5, 0.6) is 0 Å². The lowest BCUT2D eigenvalue weighted by Crippen LogP contribution is -2.65. The van der Waals surface area contributed by atoms with Gasteiger partial charge in [0.1, 0.15) is 13.2 Å². The molecule has 1 atom stereocenters. The topological polar surface area (TPSA) is 80.3 Å². The molecule has 1 aromatic rings. The number of carbonyl (C=O) groups excluding carboxylic acids is 2. The van der Waals surface area contributed by atoms with Crippen LogP contribution >= 0.6 is 0 Å². The van der Waals surface area contributed by atoms with Gasteiger partial charge in [-0.3, -0.25) is 9.69 Å². The predicted molar refractivity (Wildman–Crippen MR) is 100 cm³/mol. The van der Waals surface area contributed by atoms with Crippen LogP contribution in [0.2, 0.25) is 0 Å². The van der Waals surface area contributed by atoms with Crippen LogP contribution in [0.25, 0.3) is 0 Å². The van der Waals surface area contributed by atoms with Crippen LogP contribution in [0.1, 0.15) is 18.4 Å². The number of piperidine rings is 1. The number of carbonyl (C=O) groups is 2. The molecule has 152 valence electrons. The van der Waals surface area contributed by atoms with Crippen molar-refractivity contribution in [2.75, 3.05) is 46.4 Å². The van der Waals surface area contributed by atoms with Crippen LogP contribution in [-0.2, 0) is 25.6 Å². The van der Waals surface area contributed by atoms with Gasteiger partial charge in [-0.1, -0.05) is 30.3 Å². The van der Waals surface area contributed by atoms with Crippen molar-refractivity contribution in [1.82, 2.24) is 15.1 Å². The average molecular weight is 389 g/mol. The van der Waals surface area contributed by atoms with E-state index in [1.165, 1.54) is 4.90 Å². The standard InChI is InChI=1S/C20H27N3O5/c1-26-15-20-14-22(18(25)27-12-16-5-3-2-4-6-16)11-17(24)23(20)13-19(28-20)7-9-21-10-8-19/h2-6,21H,7-15H2,1H3. The summed E-state index contributed by atoms with van der Waals surface area (Å²) in [6.45, 7) is 2.88. The Labute approximate surface area is 164 Å². The molecule has 3 aliphatic rings. The second-order valence-corrected chi connectivity index (χ2v) is 7.79. The first-order valence-corrected chi connectivity index (χ1v) is 9.72. The van der Waals surface area contributed by atoms with E-state index in [-0.39, 0.29) is 37.8 Å². The zero-order valence-corrected chi connectivity index (χ0v) is 16.2. The molecule has 4 rings (SSSR count). The molecule has 8 heteroatoms. The van der Waals surface area contributed by atoms with Gasteiger partial charge in [0.15, 0.2) is 5.72 Å². The molecule has 1 unspecified atom stereocenters. The first kappa shape index (κ1) is 19.2. The maximum absolute atomic E-state index is 12.9. The highest BCUT2D eigenvalue weighted by Crippen LogP contribution is 2.42. The quantitative estimate of drug-likeness (QED) is 0.826. The maximum Gasteiger partial charge on any atom is 0.410 e. The molecule has 3 heterocycles. The summed E-state index contributed by atoms with van der Waals surface area (Å²) in [6, 6.07) is 9.48. The third-order valence-electron chi connectivity index (χ3n) is 5.76. The molecule has 8 nitrogen and oxygen atoms in total. The smallest absolute Gasteiger partial charge is 0.410 e. The van der Waals surface area contributed by atoms with E-state index in [2.05, 4.69) is 5.32 Å². The summed E-state index contributed by atoms with van der Waals surface area (Å²) in [5, 5.41) is 3.33. The van der Waals surface area contributed by atoms with E-state index < -0.39 is 11.8 Å². The highest BCUT2D eigenvalue weighted by atomic mass is 16.6. The molecule has 1 N–H and O–H groups in total. The van der Waals surface area contributed by atoms with E-state index in [9.17, 15) is 9.59 Å². The van der Waals surface area contributed by atoms with Crippen LogP contribution in [0, 0.1) is 0 Å². The summed E-state index contributed by atoms with van der Waals surface area (Å²) in [6.07, 6.45) is 1.16. The van der Waals surface area contributed by atoms with Crippen LogP contribution < -0.4 is 5.32 Å². The third-order valence-corrected chi connectivity index (χ3v) is 5.76. The van der Waals surface area contributed by atoms with E-state index >= 15 is 0 Å². The van der Waals surface area contributed by atoms with Crippen molar-refractivity contribution in [1.29, 1.82) is 0 Å². The van der Waals surface area contributed by atoms with Gasteiger partial charge in [0.05, 0.1) is 25.3 Å². The summed E-state index contributed by atoms with van der Waals surface area (Å²) in [5.41, 5.74) is -0.422. The lowest BCUT2D eigenvalue weighted by molar-refractivity contribution is -0.199. The number of ether oxygens (including phenoxy) is 3. The van der Waals surface area contributed by atoms with Gasteiger partial charge in [0, 0.05) is 7.11 Å². The lowest BCUT2D eigenvalue weighted by atomic mass is 9.92. The van der Waals surface area contributed by atoms with E-state index in [0.29, 0.717) is 6.54 Å². The molecule has 28 heavy (non-hydrogen) atoms. The van der Waals surface area contributed by atoms with Crippen molar-refractivity contribution in [3.8, 4) is 0 Å². The second-order valence-electron chi connectivity index (χ2n) is 7.79. The minimum atomic E-state index is -0.951. The summed E-state index contributed by atoms with van der Waals surface area (Å²) in [5.74, 6) is -0.129. The minimum Gasteiger partial charge on any atom is -0.445 e. The van der Waals surface area contributed by atoms with Crippen molar-refractivity contribution >= 4 is 12.0 Å². The Kier molecular flexibility index (Phi) is 5.27. The van der Waals surface area contributed by atoms with Gasteiger partial charge in [-0.05, 0) is 31.5 Å². The van der Waals surface area contributed by atoms with Crippen LogP contribution in [0.3, 0.4) is 0 Å². The fourth-order valence-electron chi connectivity index (χ4n) is 4.42. The minimum absolute atomic E-state index is 0.00320. The van der Waals surface area contributed by atoms with Gasteiger partial charge < -0.3 is 24.4 Å². The van der Waals surface area contributed by atoms with E-state index in [1.807, 2.05) is 30.3 Å². The largest absolute Gasteiger partial charge is 0.445 e. The Balaban J connectivity index is 1.48. The molecule has 3 fully saturated rings. The average Bonchev–Trinajstić information content (AvgIpc) is 3.01. The monoisotopic (exact) mass is 389 g/mol. The van der Waals surface area contributed by atoms with Crippen molar-refractivity contribution in [3.63, 3.8) is 0 Å². The molecule has 0 saturated carbocycles. The van der Waals surface area contributed by atoms with E-state index in [4.69, 9.17) is 14.2 Å². The Morgan fingerprint density at radius 2 is 1.96 bits per heavy atom. The van der Waals surface area contributed by atoms with E-state index in [0.717, 1.165) is 31.5 Å². The van der Waals surface area contributed by atoms with Crippen LogP contribution in [0.4, 0.5) is 4.79 Å². The predicted octanol–water partition coefficient (Wildman–Crippen LogP) is 0.963. The SMILES string of the molecule is COCC12CN(C(=O)OCc3ccccc3)CC(=O)N1CC1(CCNCC1)O2. The Morgan fingerprint density at radius 1 is 1.21 bits per heavy atom. The van der Waals surface area contributed by atoms with Gasteiger partial charge in [-0.2, -0.15) is 0 Å². The number of nitrogens with zero attached hydrogens (tertiary/aromatic N) is 2. The zero-order chi connectivity index (χ0) is 19.6. The Bertz CT molecular complexity index is 722. The van der Waals surface area contributed by atoms with Crippen molar-refractivity contribution in [2.45, 2.75) is 30.8 Å². The summed E-state index contributed by atoms with van der Waals surface area (Å²) in [4.78, 5) is 28.7. The molecule has 3 saturated heterocycles. The summed E-state index contributed by atoms with van der Waals surface area (Å²) < 4.78 is 17.4. The molecule has 0 radical (unpaired) electrons. The third kappa shape index (κ3) is 3.59. The maximum atomic E-state index is 12.9. The lowest BCUT2D eigenvalue weighted by Gasteiger charge is -2.44. The number of hydrogen-bond acceptors (Lipinski definition) is 6. The number of piperazine rings is 1. The highest BCUT2D eigenvalue weighted by molar-refractivity contribution is 5.84. The van der Waals surface area contributed by atoms with Gasteiger partial charge >= 0.3 is 6.09 Å². The number of rotatable bonds is 4. The fraction of sp³-hybridized carbons (Fsp3) is 0.600. The van der Waals surface area contributed by atoms with Gasteiger partial charge in [-0.25, -0.2) is 4.79 Å². The fourth-order valence-corrected chi connectivity index (χ4v) is 4.42. The molecular weight excluding hydrogens is 362 g/mol. The van der Waals surface area contributed by atoms with Gasteiger partial charge in [-0.15, -0.1) is 0 Å². The molecule has 1 aromatic carbocycles. The molecule has 1 spiro atoms. The molecule has 0 aromatic heterocycles. The number of nitrogens with one attached hydrogen (secondary N) is 1. The first-order chi connectivity index (χ1) is 13.6. The zero-order valence-electron chi connectivity index (χ0n) is 16.2. The molecular formula is C20H27N3O5. The number of fused-ring (bicyclic) bond motifs is 1. The van der Waals surface area contributed by atoms with Crippen molar-refractivity contribution in [2.24, 2.45) is 0 Å². The molecule has 0 aliphatic carbocycles. The highest BCUT2D eigenvalue weighted by Gasteiger charge is 2.59. The van der Waals surface area contributed by atoms with Crippen molar-refractivity contribution < 1.29 is 23.8 Å². The number of hydrogen-bond donors (Lipinski definition) is 1. The first-order valence-electron chi connectivity index (χ1n) is 9.72. The Morgan fingerprint density at radius 3 is 2.68 bits per heavy atom. The summed E-state index contributed by atoms with van der Waals surface area (Å²) >= 11 is 0. The normalized spacial score (nSPS) is 26.4. The van der Waals surface area contributed by atoms with Gasteiger partial charge in [0.2, 0.25) is 5.91 Å². The Hall–Kier alpha value is -2.16. The number of methoxy groups -OCH3 is 1. The number of benzene rings is 1. The van der Waals surface area contributed by atoms with E-state index in [1.54, 1.807) is 12.0 Å². The van der Waals surface area contributed by atoms with Crippen molar-refractivity contribution in [3.05, 3.63) is 35.9 Å². The molecule has 3 aliphatic heterocycles. The second kappa shape index (κ2) is 7.69. The van der Waals surface area contributed by atoms with Gasteiger partial charge in [0.25, 0.3) is 0 Å². The van der Waals surface area contributed by atoms with Crippen LogP contribution in [0.15, 0.2) is 30.3 Å². The molecule has 2 amide bonds. The summed E-state index contributed by atoms with van der Waals surface area (Å²) in [7, 11) is 1.58. The molecule has 0 bridgehead atoms. The van der Waals surface area contributed by atoms with Crippen LogP contribution in [-0.4, -0.2) is 79.6 Å². The number of amides is 2.